The van der Waals surface area contributed by atoms with Crippen LogP contribution in [-0.4, -0.2) is 16.0 Å². The molecule has 2 N–H and O–H groups in total. The molecule has 0 spiro atoms. The number of amides is 1. The van der Waals surface area contributed by atoms with E-state index in [1.54, 1.807) is 66.2 Å². The number of hydrogen-bond acceptors (Lipinski definition) is 6. The molecule has 0 aliphatic carbocycles. The predicted octanol–water partition coefficient (Wildman–Crippen LogP) is 7.25. The smallest absolute Gasteiger partial charge is 0.280 e. The molecule has 4 aromatic rings. The molecule has 0 atom stereocenters. The minimum atomic E-state index is -0.709. The van der Waals surface area contributed by atoms with Gasteiger partial charge in [0.1, 0.15) is 0 Å². The van der Waals surface area contributed by atoms with Crippen LogP contribution >= 0.6 is 34.5 Å². The molecule has 31 heavy (non-hydrogen) atoms. The van der Waals surface area contributed by atoms with Gasteiger partial charge in [0.15, 0.2) is 11.5 Å². The summed E-state index contributed by atoms with van der Waals surface area (Å²) < 4.78 is 0.932. The molecule has 1 aromatic heterocycles. The Labute approximate surface area is 191 Å². The molecular weight excluding hydrogens is 455 g/mol. The Morgan fingerprint density at radius 1 is 1.00 bits per heavy atom. The number of carbonyl (C=O) groups excluding carboxylic acids is 1. The van der Waals surface area contributed by atoms with Crippen molar-refractivity contribution in [2.24, 2.45) is 10.2 Å². The van der Waals surface area contributed by atoms with Gasteiger partial charge in [0.05, 0.1) is 37.1 Å². The van der Waals surface area contributed by atoms with Crippen molar-refractivity contribution in [3.05, 3.63) is 93.5 Å². The molecule has 0 aliphatic rings. The van der Waals surface area contributed by atoms with Crippen LogP contribution in [0.15, 0.2) is 88.2 Å². The van der Waals surface area contributed by atoms with Gasteiger partial charge in [-0.05, 0) is 30.3 Å². The van der Waals surface area contributed by atoms with Gasteiger partial charge in [-0.3, -0.25) is 4.79 Å². The lowest BCUT2D eigenvalue weighted by Crippen LogP contribution is -2.15. The molecule has 9 heteroatoms. The maximum absolute atomic E-state index is 13.0. The molecule has 0 saturated carbocycles. The van der Waals surface area contributed by atoms with Crippen LogP contribution in [0.3, 0.4) is 0 Å². The zero-order chi connectivity index (χ0) is 21.8. The third kappa shape index (κ3) is 4.74. The van der Waals surface area contributed by atoms with E-state index in [1.807, 2.05) is 6.07 Å². The van der Waals surface area contributed by atoms with Crippen molar-refractivity contribution >= 4 is 67.8 Å². The van der Waals surface area contributed by atoms with E-state index in [9.17, 15) is 9.90 Å². The zero-order valence-corrected chi connectivity index (χ0v) is 18.1. The van der Waals surface area contributed by atoms with Crippen molar-refractivity contribution in [3.63, 3.8) is 0 Å². The van der Waals surface area contributed by atoms with Crippen molar-refractivity contribution in [1.29, 1.82) is 0 Å². The third-order valence-corrected chi connectivity index (χ3v) is 5.69. The van der Waals surface area contributed by atoms with E-state index in [2.05, 4.69) is 20.5 Å². The summed E-state index contributed by atoms with van der Waals surface area (Å²) in [6, 6.07) is 18.8. The van der Waals surface area contributed by atoms with E-state index in [1.165, 1.54) is 11.3 Å². The molecule has 1 amide bonds. The number of thiazole rings is 1. The quantitative estimate of drug-likeness (QED) is 0.183. The first-order valence-electron chi connectivity index (χ1n) is 9.02. The summed E-state index contributed by atoms with van der Waals surface area (Å²) in [5.41, 5.74) is 3.44. The standard InChI is InChI=1S/C22H14Cl2N4O2S/c23-15-7-4-8-16(24)19(15)26-22(30)20(21(29)13-5-2-1-3-6-13)28-27-14-9-10-17-18(11-14)31-12-25-17/h1-12,29H,(H,26,30)/b21-20+,28-27?. The maximum Gasteiger partial charge on any atom is 0.280 e. The van der Waals surface area contributed by atoms with Crippen LogP contribution in [0.25, 0.3) is 16.0 Å². The lowest BCUT2D eigenvalue weighted by molar-refractivity contribution is -0.112. The van der Waals surface area contributed by atoms with Crippen LogP contribution in [0.1, 0.15) is 5.56 Å². The van der Waals surface area contributed by atoms with Crippen molar-refractivity contribution in [3.8, 4) is 0 Å². The van der Waals surface area contributed by atoms with Crippen molar-refractivity contribution in [1.82, 2.24) is 4.98 Å². The molecule has 4 rings (SSSR count). The fraction of sp³-hybridized carbons (Fsp3) is 0. The van der Waals surface area contributed by atoms with Gasteiger partial charge >= 0.3 is 0 Å². The van der Waals surface area contributed by atoms with E-state index in [0.29, 0.717) is 11.3 Å². The van der Waals surface area contributed by atoms with Crippen molar-refractivity contribution < 1.29 is 9.90 Å². The van der Waals surface area contributed by atoms with Crippen molar-refractivity contribution in [2.75, 3.05) is 5.32 Å². The number of nitrogens with zero attached hydrogens (tertiary/aromatic N) is 3. The number of fused-ring (bicyclic) bond motifs is 1. The first-order valence-corrected chi connectivity index (χ1v) is 10.7. The highest BCUT2D eigenvalue weighted by atomic mass is 35.5. The van der Waals surface area contributed by atoms with E-state index < -0.39 is 5.91 Å². The fourth-order valence-corrected chi connectivity index (χ4v) is 3.94. The van der Waals surface area contributed by atoms with Crippen molar-refractivity contribution in [2.45, 2.75) is 0 Å². The summed E-state index contributed by atoms with van der Waals surface area (Å²) in [5, 5.41) is 22.1. The summed E-state index contributed by atoms with van der Waals surface area (Å²) in [6.45, 7) is 0. The number of carbonyl (C=O) groups is 1. The van der Waals surface area contributed by atoms with E-state index in [0.717, 1.165) is 10.2 Å². The Kier molecular flexibility index (Phi) is 6.27. The number of para-hydroxylation sites is 1. The van der Waals surface area contributed by atoms with Crippen LogP contribution in [0, 0.1) is 0 Å². The van der Waals surface area contributed by atoms with Gasteiger partial charge in [0, 0.05) is 5.56 Å². The Morgan fingerprint density at radius 3 is 2.48 bits per heavy atom. The molecule has 0 radical (unpaired) electrons. The number of benzene rings is 3. The summed E-state index contributed by atoms with van der Waals surface area (Å²) in [7, 11) is 0. The molecule has 1 heterocycles. The van der Waals surface area contributed by atoms with Gasteiger partial charge in [0.25, 0.3) is 5.91 Å². The molecule has 0 bridgehead atoms. The maximum atomic E-state index is 13.0. The second kappa shape index (κ2) is 9.26. The second-order valence-corrected chi connectivity index (χ2v) is 8.02. The number of aromatic nitrogens is 1. The second-order valence-electron chi connectivity index (χ2n) is 6.32. The first kappa shape index (κ1) is 21.0. The van der Waals surface area contributed by atoms with Gasteiger partial charge in [-0.1, -0.05) is 59.6 Å². The minimum Gasteiger partial charge on any atom is -0.505 e. The first-order chi connectivity index (χ1) is 15.0. The number of azo groups is 1. The normalized spacial score (nSPS) is 12.2. The summed E-state index contributed by atoms with van der Waals surface area (Å²) in [4.78, 5) is 17.2. The molecule has 0 aliphatic heterocycles. The number of anilines is 1. The number of rotatable bonds is 5. The molecule has 0 saturated heterocycles. The minimum absolute atomic E-state index is 0.218. The summed E-state index contributed by atoms with van der Waals surface area (Å²) in [5.74, 6) is -1.04. The molecule has 0 unspecified atom stereocenters. The molecular formula is C22H14Cl2N4O2S. The number of aliphatic hydroxyl groups excluding tert-OH is 1. The van der Waals surface area contributed by atoms with Gasteiger partial charge in [-0.2, -0.15) is 5.11 Å². The molecule has 154 valence electrons. The van der Waals surface area contributed by atoms with Crippen LogP contribution in [-0.2, 0) is 4.79 Å². The lowest BCUT2D eigenvalue weighted by Gasteiger charge is -2.10. The van der Waals surface area contributed by atoms with E-state index in [-0.39, 0.29) is 27.2 Å². The fourth-order valence-electron chi connectivity index (χ4n) is 2.74. The number of aliphatic hydroxyl groups is 1. The van der Waals surface area contributed by atoms with Gasteiger partial charge in [-0.25, -0.2) is 4.98 Å². The lowest BCUT2D eigenvalue weighted by atomic mass is 10.1. The summed E-state index contributed by atoms with van der Waals surface area (Å²) >= 11 is 13.8. The highest BCUT2D eigenvalue weighted by molar-refractivity contribution is 7.16. The average Bonchev–Trinajstić information content (AvgIpc) is 3.25. The Hall–Kier alpha value is -3.26. The van der Waals surface area contributed by atoms with Gasteiger partial charge in [0.2, 0.25) is 0 Å². The number of hydrogen-bond donors (Lipinski definition) is 2. The monoisotopic (exact) mass is 468 g/mol. The largest absolute Gasteiger partial charge is 0.505 e. The number of nitrogens with one attached hydrogen (secondary N) is 1. The molecule has 6 nitrogen and oxygen atoms in total. The van der Waals surface area contributed by atoms with Crippen LogP contribution in [0.2, 0.25) is 10.0 Å². The van der Waals surface area contributed by atoms with E-state index in [4.69, 9.17) is 23.2 Å². The van der Waals surface area contributed by atoms with Gasteiger partial charge in [-0.15, -0.1) is 16.5 Å². The molecule has 0 fully saturated rings. The highest BCUT2D eigenvalue weighted by Crippen LogP contribution is 2.31. The average molecular weight is 469 g/mol. The molecule has 3 aromatic carbocycles. The van der Waals surface area contributed by atoms with E-state index >= 15 is 0 Å². The summed E-state index contributed by atoms with van der Waals surface area (Å²) in [6.07, 6.45) is 0. The zero-order valence-electron chi connectivity index (χ0n) is 15.8. The highest BCUT2D eigenvalue weighted by Gasteiger charge is 2.19. The topological polar surface area (TPSA) is 86.9 Å². The number of halogens is 2. The van der Waals surface area contributed by atoms with Crippen LogP contribution < -0.4 is 5.32 Å². The van der Waals surface area contributed by atoms with Crippen LogP contribution in [0.5, 0.6) is 0 Å². The Morgan fingerprint density at radius 2 is 1.74 bits per heavy atom. The van der Waals surface area contributed by atoms with Gasteiger partial charge < -0.3 is 10.4 Å². The SMILES string of the molecule is O=C(Nc1c(Cl)cccc1Cl)/C(N=Nc1ccc2ncsc2c1)=C(\O)c1ccccc1. The third-order valence-electron chi connectivity index (χ3n) is 4.27. The Bertz CT molecular complexity index is 1300. The Balaban J connectivity index is 1.73. The predicted molar refractivity (Wildman–Crippen MR) is 125 cm³/mol. The van der Waals surface area contributed by atoms with Crippen LogP contribution in [0.4, 0.5) is 11.4 Å².